The van der Waals surface area contributed by atoms with Gasteiger partial charge in [-0.15, -0.1) is 0 Å². The first kappa shape index (κ1) is 12.9. The van der Waals surface area contributed by atoms with Crippen LogP contribution in [-0.4, -0.2) is 6.04 Å². The normalized spacial score (nSPS) is 27.1. The topological polar surface area (TPSA) is 12.0 Å². The molecule has 94 valence electrons. The Morgan fingerprint density at radius 2 is 2.00 bits per heavy atom. The number of benzene rings is 1. The molecule has 0 radical (unpaired) electrons. The highest BCUT2D eigenvalue weighted by molar-refractivity contribution is 9.10. The molecule has 0 amide bonds. The number of rotatable bonds is 2. The summed E-state index contributed by atoms with van der Waals surface area (Å²) in [6, 6.07) is 7.06. The molecule has 1 N–H and O–H groups in total. The zero-order chi connectivity index (χ0) is 12.6. The Kier molecular flexibility index (Phi) is 3.53. The second-order valence-electron chi connectivity index (χ2n) is 6.26. The summed E-state index contributed by atoms with van der Waals surface area (Å²) < 4.78 is 1.15. The minimum absolute atomic E-state index is 0.483. The molecule has 1 aliphatic carbocycles. The van der Waals surface area contributed by atoms with Gasteiger partial charge in [-0.05, 0) is 48.8 Å². The van der Waals surface area contributed by atoms with E-state index >= 15 is 0 Å². The summed E-state index contributed by atoms with van der Waals surface area (Å²) in [6.45, 7) is 9.27. The third kappa shape index (κ3) is 3.04. The number of hydrogen-bond acceptors (Lipinski definition) is 1. The molecule has 1 aromatic rings. The molecule has 1 fully saturated rings. The van der Waals surface area contributed by atoms with E-state index in [1.807, 2.05) is 0 Å². The van der Waals surface area contributed by atoms with Gasteiger partial charge in [0.1, 0.15) is 0 Å². The van der Waals surface area contributed by atoms with Crippen molar-refractivity contribution >= 4 is 21.6 Å². The second kappa shape index (κ2) is 4.64. The number of halogens is 1. The van der Waals surface area contributed by atoms with Gasteiger partial charge in [0.25, 0.3) is 0 Å². The molecule has 0 spiro atoms. The molecule has 2 unspecified atom stereocenters. The predicted molar refractivity (Wildman–Crippen MR) is 78.5 cm³/mol. The van der Waals surface area contributed by atoms with Gasteiger partial charge in [0.15, 0.2) is 0 Å². The van der Waals surface area contributed by atoms with Crippen molar-refractivity contribution in [3.05, 3.63) is 28.2 Å². The molecule has 17 heavy (non-hydrogen) atoms. The van der Waals surface area contributed by atoms with Crippen molar-refractivity contribution < 1.29 is 0 Å². The van der Waals surface area contributed by atoms with Crippen LogP contribution in [0.2, 0.25) is 0 Å². The van der Waals surface area contributed by atoms with Crippen LogP contribution in [0.3, 0.4) is 0 Å². The van der Waals surface area contributed by atoms with E-state index in [2.05, 4.69) is 67.1 Å². The Morgan fingerprint density at radius 3 is 2.59 bits per heavy atom. The second-order valence-corrected chi connectivity index (χ2v) is 7.18. The monoisotopic (exact) mass is 295 g/mol. The molecule has 0 heterocycles. The minimum atomic E-state index is 0.483. The maximum absolute atomic E-state index is 3.73. The lowest BCUT2D eigenvalue weighted by atomic mass is 9.91. The Hall–Kier alpha value is -0.500. The summed E-state index contributed by atoms with van der Waals surface area (Å²) in [5, 5.41) is 3.73. The lowest BCUT2D eigenvalue weighted by Gasteiger charge is -2.21. The average Bonchev–Trinajstić information content (AvgIpc) is 2.46. The molecule has 0 aromatic heterocycles. The fraction of sp³-hybridized carbons (Fsp3) is 0.600. The summed E-state index contributed by atoms with van der Waals surface area (Å²) in [7, 11) is 0. The molecule has 0 aliphatic heterocycles. The molecule has 2 heteroatoms. The predicted octanol–water partition coefficient (Wildman–Crippen LogP) is 4.99. The summed E-state index contributed by atoms with van der Waals surface area (Å²) in [5.74, 6) is 0.753. The Morgan fingerprint density at radius 1 is 1.29 bits per heavy atom. The van der Waals surface area contributed by atoms with Gasteiger partial charge in [-0.1, -0.05) is 42.8 Å². The van der Waals surface area contributed by atoms with Crippen LogP contribution in [0.15, 0.2) is 22.7 Å². The number of aryl methyl sites for hydroxylation is 1. The first-order valence-electron chi connectivity index (χ1n) is 6.40. The molecule has 0 saturated heterocycles. The van der Waals surface area contributed by atoms with Gasteiger partial charge in [0.2, 0.25) is 0 Å². The first-order valence-corrected chi connectivity index (χ1v) is 7.19. The lowest BCUT2D eigenvalue weighted by molar-refractivity contribution is 0.366. The van der Waals surface area contributed by atoms with Gasteiger partial charge in [-0.25, -0.2) is 0 Å². The zero-order valence-corrected chi connectivity index (χ0v) is 12.8. The van der Waals surface area contributed by atoms with Crippen molar-refractivity contribution in [3.63, 3.8) is 0 Å². The standard InChI is InChI=1S/C15H22BrN/c1-10-5-6-12(16)7-13(10)17-14-9-15(3,4)8-11(14)2/h5-7,11,14,17H,8-9H2,1-4H3. The van der Waals surface area contributed by atoms with Crippen molar-refractivity contribution in [2.24, 2.45) is 11.3 Å². The third-order valence-corrected chi connectivity index (χ3v) is 4.37. The van der Waals surface area contributed by atoms with Crippen LogP contribution in [0.4, 0.5) is 5.69 Å². The highest BCUT2D eigenvalue weighted by atomic mass is 79.9. The van der Waals surface area contributed by atoms with E-state index in [1.54, 1.807) is 0 Å². The highest BCUT2D eigenvalue weighted by Crippen LogP contribution is 2.42. The summed E-state index contributed by atoms with van der Waals surface area (Å²) >= 11 is 3.54. The lowest BCUT2D eigenvalue weighted by Crippen LogP contribution is -2.23. The largest absolute Gasteiger partial charge is 0.382 e. The summed E-state index contributed by atoms with van der Waals surface area (Å²) in [6.07, 6.45) is 2.58. The maximum atomic E-state index is 3.73. The Balaban J connectivity index is 2.14. The molecule has 2 atom stereocenters. The van der Waals surface area contributed by atoms with Gasteiger partial charge in [-0.2, -0.15) is 0 Å². The van der Waals surface area contributed by atoms with Crippen LogP contribution in [0.25, 0.3) is 0 Å². The van der Waals surface area contributed by atoms with E-state index < -0.39 is 0 Å². The number of anilines is 1. The van der Waals surface area contributed by atoms with Crippen LogP contribution in [0.5, 0.6) is 0 Å². The SMILES string of the molecule is Cc1ccc(Br)cc1NC1CC(C)(C)CC1C. The zero-order valence-electron chi connectivity index (χ0n) is 11.2. The Labute approximate surface area is 113 Å². The van der Waals surface area contributed by atoms with E-state index in [0.29, 0.717) is 11.5 Å². The molecule has 1 saturated carbocycles. The maximum Gasteiger partial charge on any atom is 0.0383 e. The summed E-state index contributed by atoms with van der Waals surface area (Å²) in [5.41, 5.74) is 3.08. The van der Waals surface area contributed by atoms with Gasteiger partial charge in [-0.3, -0.25) is 0 Å². The molecule has 0 bridgehead atoms. The summed E-state index contributed by atoms with van der Waals surface area (Å²) in [4.78, 5) is 0. The van der Waals surface area contributed by atoms with E-state index in [1.165, 1.54) is 24.1 Å². The fourth-order valence-corrected chi connectivity index (χ4v) is 3.40. The quantitative estimate of drug-likeness (QED) is 0.810. The van der Waals surface area contributed by atoms with E-state index in [9.17, 15) is 0 Å². The number of hydrogen-bond donors (Lipinski definition) is 1. The van der Waals surface area contributed by atoms with Gasteiger partial charge >= 0.3 is 0 Å². The number of nitrogens with one attached hydrogen (secondary N) is 1. The van der Waals surface area contributed by atoms with E-state index in [-0.39, 0.29) is 0 Å². The van der Waals surface area contributed by atoms with Crippen molar-refractivity contribution in [1.29, 1.82) is 0 Å². The van der Waals surface area contributed by atoms with Crippen LogP contribution in [0, 0.1) is 18.3 Å². The van der Waals surface area contributed by atoms with E-state index in [4.69, 9.17) is 0 Å². The van der Waals surface area contributed by atoms with Gasteiger partial charge < -0.3 is 5.32 Å². The van der Waals surface area contributed by atoms with Gasteiger partial charge in [0, 0.05) is 16.2 Å². The fourth-order valence-electron chi connectivity index (χ4n) is 3.04. The smallest absolute Gasteiger partial charge is 0.0383 e. The Bertz CT molecular complexity index is 411. The third-order valence-electron chi connectivity index (χ3n) is 3.87. The van der Waals surface area contributed by atoms with Crippen molar-refractivity contribution in [1.82, 2.24) is 0 Å². The van der Waals surface area contributed by atoms with E-state index in [0.717, 1.165) is 10.4 Å². The first-order chi connectivity index (χ1) is 7.87. The van der Waals surface area contributed by atoms with Crippen LogP contribution in [0.1, 0.15) is 39.2 Å². The molecule has 2 rings (SSSR count). The van der Waals surface area contributed by atoms with Crippen LogP contribution < -0.4 is 5.32 Å². The minimum Gasteiger partial charge on any atom is -0.382 e. The van der Waals surface area contributed by atoms with Gasteiger partial charge in [0.05, 0.1) is 0 Å². The van der Waals surface area contributed by atoms with Crippen molar-refractivity contribution in [2.75, 3.05) is 5.32 Å². The average molecular weight is 296 g/mol. The molecular formula is C15H22BrN. The van der Waals surface area contributed by atoms with Crippen molar-refractivity contribution in [2.45, 2.75) is 46.6 Å². The molecular weight excluding hydrogens is 274 g/mol. The molecule has 1 aliphatic rings. The van der Waals surface area contributed by atoms with Crippen LogP contribution in [-0.2, 0) is 0 Å². The van der Waals surface area contributed by atoms with Crippen LogP contribution >= 0.6 is 15.9 Å². The van der Waals surface area contributed by atoms with Crippen molar-refractivity contribution in [3.8, 4) is 0 Å². The highest BCUT2D eigenvalue weighted by Gasteiger charge is 2.36. The molecule has 1 aromatic carbocycles. The molecule has 1 nitrogen and oxygen atoms in total.